The molecule has 0 fully saturated rings. The van der Waals surface area contributed by atoms with E-state index in [0.717, 1.165) is 12.2 Å². The van der Waals surface area contributed by atoms with E-state index in [2.05, 4.69) is 34.3 Å². The van der Waals surface area contributed by atoms with Gasteiger partial charge >= 0.3 is 5.97 Å². The summed E-state index contributed by atoms with van der Waals surface area (Å²) >= 11 is 0. The molecule has 0 heterocycles. The maximum Gasteiger partial charge on any atom is 0.328 e. The van der Waals surface area contributed by atoms with Crippen molar-refractivity contribution < 1.29 is 15.0 Å². The minimum absolute atomic E-state index is 0.507. The third-order valence-electron chi connectivity index (χ3n) is 4.36. The number of unbranched alkanes of at least 4 members (excludes halogenated alkanes) is 4. The Bertz CT molecular complexity index is 311. The maximum atomic E-state index is 9.89. The maximum absolute atomic E-state index is 9.89. The number of carboxylic acid groups (broad SMARTS) is 1. The number of carbonyl (C=O) groups is 1. The van der Waals surface area contributed by atoms with Crippen LogP contribution < -0.4 is 5.11 Å². The van der Waals surface area contributed by atoms with E-state index in [0.29, 0.717) is 0 Å². The molecule has 0 atom stereocenters. The summed E-state index contributed by atoms with van der Waals surface area (Å²) in [6, 6.07) is 0. The molecule has 0 aliphatic carbocycles. The number of carboxylic acids is 1. The summed E-state index contributed by atoms with van der Waals surface area (Å²) in [4.78, 5) is 9.64. The van der Waals surface area contributed by atoms with E-state index in [-0.39, 0.29) is 0 Å². The van der Waals surface area contributed by atoms with Crippen molar-refractivity contribution in [1.29, 1.82) is 0 Å². The predicted octanol–water partition coefficient (Wildman–Crippen LogP) is 5.71. The highest BCUT2D eigenvalue weighted by molar-refractivity contribution is 7.75. The van der Waals surface area contributed by atoms with E-state index in [1.165, 1.54) is 51.4 Å². The Kier molecular flexibility index (Phi) is 19.0. The van der Waals surface area contributed by atoms with E-state index in [4.69, 9.17) is 5.11 Å². The van der Waals surface area contributed by atoms with Crippen molar-refractivity contribution in [3.05, 3.63) is 24.5 Å². The number of aliphatic carboxylic acids is 1. The molecule has 4 heteroatoms. The van der Waals surface area contributed by atoms with Gasteiger partial charge in [0.2, 0.25) is 0 Å². The van der Waals surface area contributed by atoms with E-state index in [9.17, 15) is 9.90 Å². The van der Waals surface area contributed by atoms with Crippen LogP contribution in [0.1, 0.15) is 79.1 Å². The summed E-state index contributed by atoms with van der Waals surface area (Å²) in [5.41, 5.74) is 0. The van der Waals surface area contributed by atoms with Crippen LogP contribution in [0.15, 0.2) is 24.5 Å². The zero-order chi connectivity index (χ0) is 19.6. The standard InChI is InChI=1S/C16H36P.C5H6O3/c1-5-9-13-17(14-10-6-2,15-11-7-3)16-12-8-4;1-4(6)2-3-5(7)8/h5-16H2,1-4H3;2-3,6H,1H2,(H,7,8)/q+1;/p-1/b;3-2-. The van der Waals surface area contributed by atoms with Gasteiger partial charge in [-0.3, -0.25) is 0 Å². The summed E-state index contributed by atoms with van der Waals surface area (Å²) in [6.45, 7) is 12.3. The summed E-state index contributed by atoms with van der Waals surface area (Å²) in [5.74, 6) is -1.64. The molecule has 0 saturated carbocycles. The van der Waals surface area contributed by atoms with Crippen LogP contribution in [-0.2, 0) is 4.79 Å². The molecule has 0 bridgehead atoms. The van der Waals surface area contributed by atoms with E-state index < -0.39 is 19.0 Å². The molecule has 148 valence electrons. The van der Waals surface area contributed by atoms with Crippen molar-refractivity contribution in [3.63, 3.8) is 0 Å². The zero-order valence-electron chi connectivity index (χ0n) is 17.1. The fraction of sp³-hybridized carbons (Fsp3) is 0.762. The molecule has 1 N–H and O–H groups in total. The molecule has 0 unspecified atom stereocenters. The van der Waals surface area contributed by atoms with Gasteiger partial charge in [-0.05, 0) is 25.7 Å². The lowest BCUT2D eigenvalue weighted by atomic mass is 10.4. The second kappa shape index (κ2) is 18.0. The van der Waals surface area contributed by atoms with Gasteiger partial charge in [0, 0.05) is 13.3 Å². The summed E-state index contributed by atoms with van der Waals surface area (Å²) < 4.78 is 0. The van der Waals surface area contributed by atoms with E-state index >= 15 is 0 Å². The Labute approximate surface area is 156 Å². The number of hydrogen-bond acceptors (Lipinski definition) is 2. The highest BCUT2D eigenvalue weighted by Crippen LogP contribution is 2.61. The fourth-order valence-corrected chi connectivity index (χ4v) is 8.10. The summed E-state index contributed by atoms with van der Waals surface area (Å²) in [5, 5.41) is 17.8. The lowest BCUT2D eigenvalue weighted by Gasteiger charge is -2.28. The third-order valence-corrected chi connectivity index (χ3v) is 9.42. The Balaban J connectivity index is 0. The van der Waals surface area contributed by atoms with Crippen LogP contribution in [-0.4, -0.2) is 35.7 Å². The van der Waals surface area contributed by atoms with Crippen molar-refractivity contribution in [2.45, 2.75) is 79.1 Å². The molecule has 0 aliphatic rings. The van der Waals surface area contributed by atoms with Gasteiger partial charge in [0.05, 0.1) is 24.6 Å². The van der Waals surface area contributed by atoms with Gasteiger partial charge in [-0.25, -0.2) is 4.79 Å². The molecule has 25 heavy (non-hydrogen) atoms. The first-order valence-electron chi connectivity index (χ1n) is 9.99. The first kappa shape index (κ1) is 26.4. The minimum atomic E-state index is -1.14. The molecule has 0 aliphatic heterocycles. The summed E-state index contributed by atoms with van der Waals surface area (Å²) in [7, 11) is -0.562. The Morgan fingerprint density at radius 1 is 0.840 bits per heavy atom. The van der Waals surface area contributed by atoms with Gasteiger partial charge < -0.3 is 10.2 Å². The molecule has 0 aromatic rings. The quantitative estimate of drug-likeness (QED) is 0.184. The highest BCUT2D eigenvalue weighted by Gasteiger charge is 2.34. The largest absolute Gasteiger partial charge is 0.873 e. The van der Waals surface area contributed by atoms with Gasteiger partial charge in [-0.2, -0.15) is 0 Å². The molecule has 0 aromatic carbocycles. The second-order valence-electron chi connectivity index (χ2n) is 6.79. The molecule has 0 spiro atoms. The van der Waals surface area contributed by atoms with Crippen molar-refractivity contribution in [3.8, 4) is 0 Å². The fourth-order valence-electron chi connectivity index (χ4n) is 2.81. The zero-order valence-corrected chi connectivity index (χ0v) is 18.0. The number of allylic oxidation sites excluding steroid dienone is 1. The smallest absolute Gasteiger partial charge is 0.328 e. The Morgan fingerprint density at radius 3 is 1.32 bits per heavy atom. The monoisotopic (exact) mass is 372 g/mol. The summed E-state index contributed by atoms with van der Waals surface area (Å²) in [6.07, 6.45) is 19.6. The van der Waals surface area contributed by atoms with Crippen molar-refractivity contribution >= 4 is 13.2 Å². The van der Waals surface area contributed by atoms with Crippen LogP contribution in [0.2, 0.25) is 0 Å². The van der Waals surface area contributed by atoms with Crippen molar-refractivity contribution in [2.24, 2.45) is 0 Å². The van der Waals surface area contributed by atoms with Gasteiger partial charge in [0.1, 0.15) is 0 Å². The second-order valence-corrected chi connectivity index (χ2v) is 11.3. The minimum Gasteiger partial charge on any atom is -0.873 e. The molecule has 3 nitrogen and oxygen atoms in total. The average molecular weight is 373 g/mol. The van der Waals surface area contributed by atoms with Crippen LogP contribution >= 0.6 is 7.26 Å². The van der Waals surface area contributed by atoms with Crippen molar-refractivity contribution in [2.75, 3.05) is 24.6 Å². The van der Waals surface area contributed by atoms with Crippen molar-refractivity contribution in [1.82, 2.24) is 0 Å². The normalized spacial score (nSPS) is 11.2. The molecule has 0 radical (unpaired) electrons. The lowest BCUT2D eigenvalue weighted by molar-refractivity contribution is -0.294. The van der Waals surface area contributed by atoms with Crippen LogP contribution in [0.5, 0.6) is 0 Å². The van der Waals surface area contributed by atoms with Crippen LogP contribution in [0, 0.1) is 0 Å². The van der Waals surface area contributed by atoms with E-state index in [1.807, 2.05) is 0 Å². The molecule has 0 saturated heterocycles. The van der Waals surface area contributed by atoms with Gasteiger partial charge in [-0.1, -0.05) is 59.5 Å². The van der Waals surface area contributed by atoms with Gasteiger partial charge in [0.25, 0.3) is 0 Å². The van der Waals surface area contributed by atoms with E-state index in [1.54, 1.807) is 24.6 Å². The van der Waals surface area contributed by atoms with Crippen LogP contribution in [0.25, 0.3) is 0 Å². The average Bonchev–Trinajstić information content (AvgIpc) is 2.59. The third kappa shape index (κ3) is 17.8. The molecule has 0 aromatic heterocycles. The topological polar surface area (TPSA) is 60.4 Å². The predicted molar refractivity (Wildman–Crippen MR) is 112 cm³/mol. The Morgan fingerprint density at radius 2 is 1.16 bits per heavy atom. The number of rotatable bonds is 14. The Hall–Kier alpha value is -0.820. The molecule has 0 amide bonds. The van der Waals surface area contributed by atoms with Gasteiger partial charge in [-0.15, -0.1) is 12.3 Å². The lowest BCUT2D eigenvalue weighted by Crippen LogP contribution is -2.12. The first-order chi connectivity index (χ1) is 11.9. The van der Waals surface area contributed by atoms with Crippen LogP contribution in [0.4, 0.5) is 0 Å². The van der Waals surface area contributed by atoms with Gasteiger partial charge in [0.15, 0.2) is 0 Å². The highest BCUT2D eigenvalue weighted by atomic mass is 31.2. The SMILES string of the molecule is C=C([O-])/C=C\C(=O)O.CCCC[P+](CCCC)(CCCC)CCCC. The first-order valence-corrected chi connectivity index (χ1v) is 12.5. The molecular weight excluding hydrogens is 331 g/mol. The number of hydrogen-bond donors (Lipinski definition) is 1. The molecular formula is C21H41O3P. The van der Waals surface area contributed by atoms with Crippen LogP contribution in [0.3, 0.4) is 0 Å². The molecule has 0 rings (SSSR count).